The van der Waals surface area contributed by atoms with Crippen LogP contribution in [0.15, 0.2) is 28.9 Å². The Balaban J connectivity index is 2.24. The van der Waals surface area contributed by atoms with E-state index in [4.69, 9.17) is 5.26 Å². The Hall–Kier alpha value is -2.20. The zero-order valence-electron chi connectivity index (χ0n) is 11.3. The van der Waals surface area contributed by atoms with Gasteiger partial charge in [-0.1, -0.05) is 6.92 Å². The second-order valence-electron chi connectivity index (χ2n) is 4.25. The third-order valence-corrected chi connectivity index (χ3v) is 3.21. The summed E-state index contributed by atoms with van der Waals surface area (Å²) in [7, 11) is 0. The van der Waals surface area contributed by atoms with Crippen molar-refractivity contribution in [3.8, 4) is 6.07 Å². The maximum atomic E-state index is 13.9. The van der Waals surface area contributed by atoms with Crippen LogP contribution in [0.5, 0.6) is 0 Å². The maximum absolute atomic E-state index is 13.9. The van der Waals surface area contributed by atoms with Crippen LogP contribution in [0.2, 0.25) is 0 Å². The van der Waals surface area contributed by atoms with Crippen molar-refractivity contribution < 1.29 is 4.39 Å². The van der Waals surface area contributed by atoms with Gasteiger partial charge in [-0.15, -0.1) is 0 Å². The van der Waals surface area contributed by atoms with Gasteiger partial charge in [0.1, 0.15) is 11.6 Å². The Kier molecular flexibility index (Phi) is 5.06. The van der Waals surface area contributed by atoms with Crippen molar-refractivity contribution in [1.82, 2.24) is 9.97 Å². The van der Waals surface area contributed by atoms with Gasteiger partial charge in [-0.25, -0.2) is 9.37 Å². The van der Waals surface area contributed by atoms with E-state index in [9.17, 15) is 4.39 Å². The molecule has 1 aromatic heterocycles. The van der Waals surface area contributed by atoms with Gasteiger partial charge in [0.25, 0.3) is 0 Å². The van der Waals surface area contributed by atoms with Crippen molar-refractivity contribution in [3.05, 3.63) is 40.2 Å². The molecule has 5 nitrogen and oxygen atoms in total. The summed E-state index contributed by atoms with van der Waals surface area (Å²) in [5, 5.41) is 14.7. The van der Waals surface area contributed by atoms with E-state index in [1.807, 2.05) is 13.0 Å². The van der Waals surface area contributed by atoms with E-state index in [-0.39, 0.29) is 11.3 Å². The van der Waals surface area contributed by atoms with Gasteiger partial charge >= 0.3 is 0 Å². The highest BCUT2D eigenvalue weighted by Gasteiger charge is 2.09. The first kappa shape index (κ1) is 15.2. The van der Waals surface area contributed by atoms with Crippen LogP contribution in [0.25, 0.3) is 0 Å². The van der Waals surface area contributed by atoms with Crippen molar-refractivity contribution in [3.63, 3.8) is 0 Å². The summed E-state index contributed by atoms with van der Waals surface area (Å²) in [6, 6.07) is 6.10. The van der Waals surface area contributed by atoms with Gasteiger partial charge in [-0.2, -0.15) is 10.2 Å². The van der Waals surface area contributed by atoms with Crippen LogP contribution in [0.4, 0.5) is 21.8 Å². The summed E-state index contributed by atoms with van der Waals surface area (Å²) in [6.45, 7) is 2.80. The standard InChI is InChI=1S/C14H13BrFN5/c1-2-5-18-14-19-8-10(15)13(21-14)20-12-4-3-9(7-17)6-11(12)16/h3-4,6,8H,2,5H2,1H3,(H2,18,19,20,21). The number of halogens is 2. The van der Waals surface area contributed by atoms with E-state index in [1.165, 1.54) is 18.2 Å². The number of nitrogens with zero attached hydrogens (tertiary/aromatic N) is 3. The molecule has 0 radical (unpaired) electrons. The van der Waals surface area contributed by atoms with E-state index in [0.717, 1.165) is 13.0 Å². The molecule has 0 atom stereocenters. The minimum atomic E-state index is -0.511. The van der Waals surface area contributed by atoms with Crippen LogP contribution >= 0.6 is 15.9 Å². The first-order valence-corrected chi connectivity index (χ1v) is 7.16. The summed E-state index contributed by atoms with van der Waals surface area (Å²) < 4.78 is 14.5. The van der Waals surface area contributed by atoms with Crippen LogP contribution in [0.3, 0.4) is 0 Å². The predicted octanol–water partition coefficient (Wildman–Crippen LogP) is 3.82. The Morgan fingerprint density at radius 1 is 1.43 bits per heavy atom. The lowest BCUT2D eigenvalue weighted by molar-refractivity contribution is 0.631. The molecule has 0 spiro atoms. The van der Waals surface area contributed by atoms with E-state index in [1.54, 1.807) is 6.20 Å². The van der Waals surface area contributed by atoms with Crippen molar-refractivity contribution in [1.29, 1.82) is 5.26 Å². The summed E-state index contributed by atoms with van der Waals surface area (Å²) in [5.74, 6) is 0.409. The Bertz CT molecular complexity index is 684. The number of rotatable bonds is 5. The molecule has 2 rings (SSSR count). The predicted molar refractivity (Wildman–Crippen MR) is 82.9 cm³/mol. The topological polar surface area (TPSA) is 73.6 Å². The largest absolute Gasteiger partial charge is 0.354 e. The number of anilines is 3. The quantitative estimate of drug-likeness (QED) is 0.858. The molecule has 0 unspecified atom stereocenters. The van der Waals surface area contributed by atoms with Crippen molar-refractivity contribution in [2.75, 3.05) is 17.2 Å². The molecule has 0 aliphatic carbocycles. The van der Waals surface area contributed by atoms with Gasteiger partial charge in [0, 0.05) is 12.7 Å². The molecule has 0 saturated heterocycles. The Morgan fingerprint density at radius 3 is 2.90 bits per heavy atom. The number of nitriles is 1. The van der Waals surface area contributed by atoms with Crippen molar-refractivity contribution in [2.24, 2.45) is 0 Å². The van der Waals surface area contributed by atoms with Gasteiger partial charge in [0.05, 0.1) is 21.8 Å². The summed E-state index contributed by atoms with van der Waals surface area (Å²) >= 11 is 3.32. The van der Waals surface area contributed by atoms with E-state index >= 15 is 0 Å². The van der Waals surface area contributed by atoms with Gasteiger partial charge in [-0.05, 0) is 40.5 Å². The normalized spacial score (nSPS) is 10.0. The van der Waals surface area contributed by atoms with Crippen LogP contribution in [-0.2, 0) is 0 Å². The van der Waals surface area contributed by atoms with Crippen molar-refractivity contribution >= 4 is 33.4 Å². The molecule has 7 heteroatoms. The van der Waals surface area contributed by atoms with Gasteiger partial charge in [0.2, 0.25) is 5.95 Å². The van der Waals surface area contributed by atoms with Crippen molar-refractivity contribution in [2.45, 2.75) is 13.3 Å². The summed E-state index contributed by atoms with van der Waals surface area (Å²) in [4.78, 5) is 8.40. The number of hydrogen-bond acceptors (Lipinski definition) is 5. The van der Waals surface area contributed by atoms with Gasteiger partial charge in [-0.3, -0.25) is 0 Å². The fraction of sp³-hybridized carbons (Fsp3) is 0.214. The molecule has 2 N–H and O–H groups in total. The average molecular weight is 350 g/mol. The monoisotopic (exact) mass is 349 g/mol. The lowest BCUT2D eigenvalue weighted by Gasteiger charge is -2.10. The Labute approximate surface area is 130 Å². The number of aromatic nitrogens is 2. The molecule has 2 aromatic rings. The second kappa shape index (κ2) is 6.99. The van der Waals surface area contributed by atoms with E-state index in [2.05, 4.69) is 36.5 Å². The molecule has 0 aliphatic heterocycles. The van der Waals surface area contributed by atoms with Crippen LogP contribution in [0, 0.1) is 17.1 Å². The Morgan fingerprint density at radius 2 is 2.24 bits per heavy atom. The molecule has 21 heavy (non-hydrogen) atoms. The number of benzene rings is 1. The molecule has 0 amide bonds. The third kappa shape index (κ3) is 3.89. The molecular weight excluding hydrogens is 337 g/mol. The third-order valence-electron chi connectivity index (χ3n) is 2.63. The highest BCUT2D eigenvalue weighted by atomic mass is 79.9. The fourth-order valence-corrected chi connectivity index (χ4v) is 1.88. The SMILES string of the molecule is CCCNc1ncc(Br)c(Nc2ccc(C#N)cc2F)n1. The summed E-state index contributed by atoms with van der Waals surface area (Å²) in [5.41, 5.74) is 0.514. The van der Waals surface area contributed by atoms with Crippen LogP contribution in [0.1, 0.15) is 18.9 Å². The van der Waals surface area contributed by atoms with E-state index in [0.29, 0.717) is 16.2 Å². The first-order valence-electron chi connectivity index (χ1n) is 6.37. The lowest BCUT2D eigenvalue weighted by atomic mass is 10.2. The zero-order chi connectivity index (χ0) is 15.2. The highest BCUT2D eigenvalue weighted by molar-refractivity contribution is 9.10. The lowest BCUT2D eigenvalue weighted by Crippen LogP contribution is -2.06. The van der Waals surface area contributed by atoms with Gasteiger partial charge < -0.3 is 10.6 Å². The first-order chi connectivity index (χ1) is 10.1. The summed E-state index contributed by atoms with van der Waals surface area (Å²) in [6.07, 6.45) is 2.54. The van der Waals surface area contributed by atoms with Gasteiger partial charge in [0.15, 0.2) is 0 Å². The van der Waals surface area contributed by atoms with E-state index < -0.39 is 5.82 Å². The zero-order valence-corrected chi connectivity index (χ0v) is 12.9. The highest BCUT2D eigenvalue weighted by Crippen LogP contribution is 2.26. The smallest absolute Gasteiger partial charge is 0.224 e. The fourth-order valence-electron chi connectivity index (χ4n) is 1.59. The second-order valence-corrected chi connectivity index (χ2v) is 5.10. The molecular formula is C14H13BrFN5. The molecule has 0 aliphatic rings. The van der Waals surface area contributed by atoms with Crippen LogP contribution < -0.4 is 10.6 Å². The van der Waals surface area contributed by atoms with Crippen LogP contribution in [-0.4, -0.2) is 16.5 Å². The molecule has 108 valence electrons. The average Bonchev–Trinajstić information content (AvgIpc) is 2.49. The minimum absolute atomic E-state index is 0.245. The number of nitrogens with one attached hydrogen (secondary N) is 2. The minimum Gasteiger partial charge on any atom is -0.354 e. The molecule has 1 heterocycles. The maximum Gasteiger partial charge on any atom is 0.224 e. The molecule has 0 saturated carbocycles. The molecule has 0 bridgehead atoms. The molecule has 1 aromatic carbocycles. The molecule has 0 fully saturated rings. The number of hydrogen-bond donors (Lipinski definition) is 2.